The van der Waals surface area contributed by atoms with Gasteiger partial charge in [-0.1, -0.05) is 57.5 Å². The lowest BCUT2D eigenvalue weighted by atomic mass is 9.81. The molecule has 14 heteroatoms. The van der Waals surface area contributed by atoms with E-state index in [1.165, 1.54) is 35.5 Å². The summed E-state index contributed by atoms with van der Waals surface area (Å²) in [6.07, 6.45) is 11.6. The number of carboxylic acids is 1. The van der Waals surface area contributed by atoms with Crippen LogP contribution in [-0.2, 0) is 40.5 Å². The minimum absolute atomic E-state index is 0.123. The molecule has 59 heavy (non-hydrogen) atoms. The Bertz CT molecular complexity index is 2490. The molecule has 3 aliphatic heterocycles. The Kier molecular flexibility index (Phi) is 12.8. The molecule has 314 valence electrons. The molecule has 3 N–H and O–H groups in total. The van der Waals surface area contributed by atoms with Gasteiger partial charge in [0, 0.05) is 47.5 Å². The molecule has 3 aromatic rings. The van der Waals surface area contributed by atoms with Crippen molar-refractivity contribution < 1.29 is 49.9 Å². The fourth-order valence-electron chi connectivity index (χ4n) is 8.22. The van der Waals surface area contributed by atoms with Crippen molar-refractivity contribution in [2.45, 2.75) is 82.4 Å². The van der Waals surface area contributed by atoms with Gasteiger partial charge in [-0.3, -0.25) is 9.11 Å². The van der Waals surface area contributed by atoms with Crippen LogP contribution in [0.5, 0.6) is 0 Å². The highest BCUT2D eigenvalue weighted by atomic mass is 32.2. The minimum atomic E-state index is -4.51. The van der Waals surface area contributed by atoms with Crippen molar-refractivity contribution >= 4 is 48.9 Å². The molecule has 0 saturated heterocycles. The Balaban J connectivity index is 1.50. The monoisotopic (exact) mass is 845 g/mol. The summed E-state index contributed by atoms with van der Waals surface area (Å²) in [4.78, 5) is 13.6. The van der Waals surface area contributed by atoms with E-state index in [2.05, 4.69) is 55.7 Å². The summed E-state index contributed by atoms with van der Waals surface area (Å²) in [5.41, 5.74) is 5.87. The van der Waals surface area contributed by atoms with Crippen LogP contribution in [0, 0.1) is 0 Å². The molecule has 3 aliphatic rings. The van der Waals surface area contributed by atoms with Crippen LogP contribution < -0.4 is 4.90 Å². The Morgan fingerprint density at radius 2 is 1.54 bits per heavy atom. The molecule has 0 saturated carbocycles. The Morgan fingerprint density at radius 1 is 0.831 bits per heavy atom. The van der Waals surface area contributed by atoms with Crippen LogP contribution in [0.4, 0.5) is 11.4 Å². The molecule has 3 heterocycles. The fourth-order valence-corrected chi connectivity index (χ4v) is 9.29. The van der Waals surface area contributed by atoms with E-state index in [0.717, 1.165) is 37.2 Å². The van der Waals surface area contributed by atoms with Crippen LogP contribution in [0.2, 0.25) is 0 Å². The van der Waals surface area contributed by atoms with Crippen LogP contribution in [0.1, 0.15) is 93.8 Å². The molecule has 0 amide bonds. The Labute approximate surface area is 347 Å². The summed E-state index contributed by atoms with van der Waals surface area (Å²) < 4.78 is 81.9. The maximum atomic E-state index is 12.2. The molecular formula is C45H53N2O10S2+. The van der Waals surface area contributed by atoms with Crippen LogP contribution in [0.15, 0.2) is 113 Å². The highest BCUT2D eigenvalue weighted by molar-refractivity contribution is 7.86. The average Bonchev–Trinajstić information content (AvgIpc) is 3.39. The number of aromatic carboxylic acids is 1. The molecule has 12 nitrogen and oxygen atoms in total. The molecule has 0 atom stereocenters. The van der Waals surface area contributed by atoms with Crippen molar-refractivity contribution in [2.24, 2.45) is 0 Å². The molecule has 0 fully saturated rings. The van der Waals surface area contributed by atoms with E-state index in [1.807, 2.05) is 37.0 Å². The normalized spacial score (nSPS) is 18.9. The second-order valence-electron chi connectivity index (χ2n) is 16.0. The molecule has 0 unspecified atom stereocenters. The summed E-state index contributed by atoms with van der Waals surface area (Å²) in [5.74, 6) is -0.483. The highest BCUT2D eigenvalue weighted by Crippen LogP contribution is 2.49. The van der Waals surface area contributed by atoms with Crippen LogP contribution in [0.25, 0.3) is 5.57 Å². The van der Waals surface area contributed by atoms with Crippen molar-refractivity contribution in [3.63, 3.8) is 0 Å². The van der Waals surface area contributed by atoms with E-state index in [9.17, 15) is 35.8 Å². The number of hydrogen-bond donors (Lipinski definition) is 3. The number of allylic oxidation sites excluding steroid dienone is 6. The standard InChI is InChI=1S/C45H52N2O10S2/c1-6-7-10-25-46-36-14-9-8-13-34(36)44(2,3)40(46)23-21-38-42(31-15-17-32(18-16-31)43(48)49)39(57-28-27-56-38)22-24-41-45(4,5)35-30-33(59(53,54)55)19-20-37(35)47(41)26-11-12-29-58(50,51)52/h8-9,13-24,30H,6-7,10-12,25-29H2,1-5H3,(H2-,48,49,50,51,52,53,54,55)/p+1. The van der Waals surface area contributed by atoms with Gasteiger partial charge in [-0.15, -0.1) is 0 Å². The minimum Gasteiger partial charge on any atom is -0.489 e. The number of rotatable bonds is 15. The first-order valence-corrected chi connectivity index (χ1v) is 22.9. The lowest BCUT2D eigenvalue weighted by Crippen LogP contribution is -2.28. The summed E-state index contributed by atoms with van der Waals surface area (Å²) in [7, 11) is -8.67. The summed E-state index contributed by atoms with van der Waals surface area (Å²) in [6, 6.07) is 19.4. The summed E-state index contributed by atoms with van der Waals surface area (Å²) >= 11 is 0. The van der Waals surface area contributed by atoms with Crippen LogP contribution in [-0.4, -0.2) is 79.4 Å². The molecule has 0 aromatic heterocycles. The lowest BCUT2D eigenvalue weighted by Gasteiger charge is -2.27. The second kappa shape index (κ2) is 17.3. The number of unbranched alkanes of at least 4 members (excludes halogenated alkanes) is 3. The van der Waals surface area contributed by atoms with Gasteiger partial charge in [-0.25, -0.2) is 4.79 Å². The van der Waals surface area contributed by atoms with Gasteiger partial charge in [0.2, 0.25) is 5.69 Å². The number of para-hydroxylation sites is 1. The number of carboxylic acid groups (broad SMARTS) is 1. The molecule has 0 spiro atoms. The molecular weight excluding hydrogens is 793 g/mol. The first-order chi connectivity index (χ1) is 27.8. The van der Waals surface area contributed by atoms with Crippen LogP contribution >= 0.6 is 0 Å². The third-order valence-electron chi connectivity index (χ3n) is 11.3. The van der Waals surface area contributed by atoms with Gasteiger partial charge in [-0.2, -0.15) is 21.4 Å². The maximum absolute atomic E-state index is 12.2. The van der Waals surface area contributed by atoms with Gasteiger partial charge in [0.1, 0.15) is 31.3 Å². The van der Waals surface area contributed by atoms with Gasteiger partial charge in [0.15, 0.2) is 5.71 Å². The predicted octanol–water partition coefficient (Wildman–Crippen LogP) is 8.45. The van der Waals surface area contributed by atoms with E-state index in [0.29, 0.717) is 46.9 Å². The largest absolute Gasteiger partial charge is 0.489 e. The number of fused-ring (bicyclic) bond motifs is 2. The number of carbonyl (C=O) groups is 1. The van der Waals surface area contributed by atoms with E-state index in [4.69, 9.17) is 9.47 Å². The van der Waals surface area contributed by atoms with Gasteiger partial charge >= 0.3 is 5.97 Å². The molecule has 0 radical (unpaired) electrons. The van der Waals surface area contributed by atoms with Crippen molar-refractivity contribution in [1.82, 2.24) is 0 Å². The quantitative estimate of drug-likeness (QED) is 0.0762. The summed E-state index contributed by atoms with van der Waals surface area (Å²) in [6.45, 7) is 12.1. The van der Waals surface area contributed by atoms with E-state index in [-0.39, 0.29) is 35.5 Å². The number of hydrogen-bond acceptors (Lipinski definition) is 8. The zero-order chi connectivity index (χ0) is 42.8. The van der Waals surface area contributed by atoms with Crippen molar-refractivity contribution in [1.29, 1.82) is 0 Å². The zero-order valence-corrected chi connectivity index (χ0v) is 35.8. The maximum Gasteiger partial charge on any atom is 0.335 e. The van der Waals surface area contributed by atoms with E-state index >= 15 is 0 Å². The lowest BCUT2D eigenvalue weighted by molar-refractivity contribution is -0.438. The average molecular weight is 846 g/mol. The number of anilines is 1. The summed E-state index contributed by atoms with van der Waals surface area (Å²) in [5, 5.41) is 9.71. The van der Waals surface area contributed by atoms with Gasteiger partial charge in [-0.05, 0) is 92.8 Å². The van der Waals surface area contributed by atoms with E-state index < -0.39 is 37.4 Å². The highest BCUT2D eigenvalue weighted by Gasteiger charge is 2.44. The van der Waals surface area contributed by atoms with Gasteiger partial charge in [0.25, 0.3) is 20.2 Å². The SMILES string of the molecule is CCCCC[N+]1=C(/C=C/C2=C(c3ccc(C(=O)O)cc3)C(=C/C=C3/N(CCCCS(=O)(=O)O)c4ccc(S(=O)(=O)O)cc4C3(C)C)/OCCO2)C(C)(C)c2ccccc21. The topological polar surface area (TPSA) is 171 Å². The van der Waals surface area contributed by atoms with Gasteiger partial charge < -0.3 is 19.5 Å². The zero-order valence-electron chi connectivity index (χ0n) is 34.1. The van der Waals surface area contributed by atoms with E-state index in [1.54, 1.807) is 18.2 Å². The van der Waals surface area contributed by atoms with Crippen molar-refractivity contribution in [3.8, 4) is 0 Å². The van der Waals surface area contributed by atoms with Crippen molar-refractivity contribution in [2.75, 3.05) is 37.0 Å². The first-order valence-electron chi connectivity index (χ1n) is 19.9. The molecule has 0 aliphatic carbocycles. The molecule has 6 rings (SSSR count). The molecule has 3 aromatic carbocycles. The molecule has 0 bridgehead atoms. The first kappa shape index (κ1) is 43.6. The second-order valence-corrected chi connectivity index (χ2v) is 19.0. The number of benzene rings is 3. The third kappa shape index (κ3) is 9.41. The fraction of sp³-hybridized carbons (Fsp3) is 0.378. The van der Waals surface area contributed by atoms with Crippen LogP contribution in [0.3, 0.4) is 0 Å². The Morgan fingerprint density at radius 3 is 2.22 bits per heavy atom. The van der Waals surface area contributed by atoms with Crippen molar-refractivity contribution in [3.05, 3.63) is 131 Å². The number of nitrogens with zero attached hydrogens (tertiary/aromatic N) is 2. The smallest absolute Gasteiger partial charge is 0.335 e. The van der Waals surface area contributed by atoms with Gasteiger partial charge in [0.05, 0.1) is 27.2 Å². The third-order valence-corrected chi connectivity index (χ3v) is 12.9. The number of ether oxygens (including phenoxy) is 2. The Hall–Kier alpha value is -5.02. The predicted molar refractivity (Wildman–Crippen MR) is 229 cm³/mol.